The Hall–Kier alpha value is -2.21. The second-order valence-corrected chi connectivity index (χ2v) is 6.74. The molecule has 3 rings (SSSR count). The molecule has 0 saturated heterocycles. The second-order valence-electron chi connectivity index (χ2n) is 5.96. The highest BCUT2D eigenvalue weighted by Gasteiger charge is 2.19. The minimum atomic E-state index is 0.162. The van der Waals surface area contributed by atoms with Crippen LogP contribution in [0.2, 0.25) is 0 Å². The molecule has 0 saturated carbocycles. The van der Waals surface area contributed by atoms with Gasteiger partial charge >= 0.3 is 0 Å². The Morgan fingerprint density at radius 1 is 1.33 bits per heavy atom. The van der Waals surface area contributed by atoms with Crippen molar-refractivity contribution in [1.82, 2.24) is 19.9 Å². The number of thiophene rings is 1. The zero-order valence-electron chi connectivity index (χ0n) is 14.1. The van der Waals surface area contributed by atoms with Crippen molar-refractivity contribution < 1.29 is 4.79 Å². The zero-order valence-corrected chi connectivity index (χ0v) is 14.9. The summed E-state index contributed by atoms with van der Waals surface area (Å²) in [6.07, 6.45) is 1.38. The molecule has 0 radical (unpaired) electrons. The van der Waals surface area contributed by atoms with Crippen molar-refractivity contribution >= 4 is 28.3 Å². The first-order valence-corrected chi connectivity index (χ1v) is 9.22. The van der Waals surface area contributed by atoms with E-state index in [0.717, 1.165) is 17.5 Å². The Balaban J connectivity index is 1.68. The molecule has 0 spiro atoms. The van der Waals surface area contributed by atoms with Crippen LogP contribution in [0.4, 0.5) is 0 Å². The van der Waals surface area contributed by atoms with Gasteiger partial charge in [-0.25, -0.2) is 4.68 Å². The number of hydrogen-bond donors (Lipinski definition) is 0. The molecular formula is C18H22N4OS. The summed E-state index contributed by atoms with van der Waals surface area (Å²) >= 11 is 1.67. The fraction of sp³-hybridized carbons (Fsp3) is 0.389. The lowest BCUT2D eigenvalue weighted by molar-refractivity contribution is -0.134. The van der Waals surface area contributed by atoms with E-state index in [1.54, 1.807) is 11.3 Å². The van der Waals surface area contributed by atoms with Gasteiger partial charge in [0.25, 0.3) is 0 Å². The molecule has 2 heterocycles. The van der Waals surface area contributed by atoms with Gasteiger partial charge in [0.15, 0.2) is 0 Å². The second kappa shape index (κ2) is 7.57. The lowest BCUT2D eigenvalue weighted by Crippen LogP contribution is -2.38. The van der Waals surface area contributed by atoms with Crippen LogP contribution < -0.4 is 0 Å². The number of para-hydroxylation sites is 1. The Morgan fingerprint density at radius 3 is 2.92 bits per heavy atom. The fourth-order valence-electron chi connectivity index (χ4n) is 2.72. The van der Waals surface area contributed by atoms with Gasteiger partial charge in [0.2, 0.25) is 5.91 Å². The van der Waals surface area contributed by atoms with Gasteiger partial charge in [0.05, 0.1) is 12.1 Å². The van der Waals surface area contributed by atoms with E-state index in [2.05, 4.69) is 41.0 Å². The molecule has 1 atom stereocenters. The predicted octanol–water partition coefficient (Wildman–Crippen LogP) is 3.71. The smallest absolute Gasteiger partial charge is 0.224 e. The summed E-state index contributed by atoms with van der Waals surface area (Å²) in [6.45, 7) is 5.45. The summed E-state index contributed by atoms with van der Waals surface area (Å²) in [5.74, 6) is 0.162. The van der Waals surface area contributed by atoms with Gasteiger partial charge in [-0.15, -0.1) is 5.10 Å². The summed E-state index contributed by atoms with van der Waals surface area (Å²) in [6, 6.07) is 10.1. The van der Waals surface area contributed by atoms with E-state index in [0.29, 0.717) is 19.5 Å². The maximum atomic E-state index is 12.8. The average Bonchev–Trinajstić information content (AvgIpc) is 3.26. The summed E-state index contributed by atoms with van der Waals surface area (Å²) in [7, 11) is 0. The van der Waals surface area contributed by atoms with Crippen molar-refractivity contribution in [2.24, 2.45) is 0 Å². The van der Waals surface area contributed by atoms with Crippen molar-refractivity contribution in [1.29, 1.82) is 0 Å². The van der Waals surface area contributed by atoms with E-state index >= 15 is 0 Å². The standard InChI is InChI=1S/C18H22N4OS/c1-3-14(2)21(12-15-9-11-24-13-15)18(23)8-10-22-17-7-5-4-6-16(17)19-20-22/h4-7,9,11,13-14H,3,8,10,12H2,1-2H3/t14-/m1/s1. The van der Waals surface area contributed by atoms with Gasteiger partial charge in [0.1, 0.15) is 5.52 Å². The third kappa shape index (κ3) is 3.64. The molecule has 3 aromatic rings. The number of carbonyl (C=O) groups excluding carboxylic acids is 1. The quantitative estimate of drug-likeness (QED) is 0.658. The topological polar surface area (TPSA) is 51.0 Å². The summed E-state index contributed by atoms with van der Waals surface area (Å²) in [5.41, 5.74) is 3.03. The summed E-state index contributed by atoms with van der Waals surface area (Å²) in [5, 5.41) is 12.5. The van der Waals surface area contributed by atoms with Gasteiger partial charge in [-0.05, 0) is 47.9 Å². The molecule has 2 aromatic heterocycles. The van der Waals surface area contributed by atoms with Crippen LogP contribution in [-0.2, 0) is 17.9 Å². The predicted molar refractivity (Wildman–Crippen MR) is 96.8 cm³/mol. The number of nitrogens with zero attached hydrogens (tertiary/aromatic N) is 4. The molecule has 1 amide bonds. The van der Waals surface area contributed by atoms with Crippen molar-refractivity contribution in [3.8, 4) is 0 Å². The molecule has 0 aliphatic rings. The SMILES string of the molecule is CC[C@@H](C)N(Cc1ccsc1)C(=O)CCn1nnc2ccccc21. The molecule has 0 aliphatic heterocycles. The van der Waals surface area contributed by atoms with Crippen molar-refractivity contribution in [2.45, 2.75) is 45.8 Å². The molecule has 24 heavy (non-hydrogen) atoms. The Kier molecular flexibility index (Phi) is 5.25. The van der Waals surface area contributed by atoms with Crippen LogP contribution in [0.5, 0.6) is 0 Å². The maximum absolute atomic E-state index is 12.8. The third-order valence-electron chi connectivity index (χ3n) is 4.33. The minimum Gasteiger partial charge on any atom is -0.336 e. The highest BCUT2D eigenvalue weighted by Crippen LogP contribution is 2.16. The Morgan fingerprint density at radius 2 is 2.17 bits per heavy atom. The summed E-state index contributed by atoms with van der Waals surface area (Å²) in [4.78, 5) is 14.7. The molecule has 6 heteroatoms. The monoisotopic (exact) mass is 342 g/mol. The average molecular weight is 342 g/mol. The number of aromatic nitrogens is 3. The molecule has 5 nitrogen and oxygen atoms in total. The van der Waals surface area contributed by atoms with Crippen molar-refractivity contribution in [3.05, 3.63) is 46.7 Å². The summed E-state index contributed by atoms with van der Waals surface area (Å²) < 4.78 is 1.81. The number of benzene rings is 1. The number of aryl methyl sites for hydroxylation is 1. The van der Waals surface area contributed by atoms with Crippen LogP contribution in [0.15, 0.2) is 41.1 Å². The molecule has 1 aromatic carbocycles. The van der Waals surface area contributed by atoms with E-state index in [9.17, 15) is 4.79 Å². The molecule has 126 valence electrons. The van der Waals surface area contributed by atoms with Crippen LogP contribution >= 0.6 is 11.3 Å². The van der Waals surface area contributed by atoms with E-state index in [1.165, 1.54) is 5.56 Å². The fourth-order valence-corrected chi connectivity index (χ4v) is 3.38. The number of hydrogen-bond acceptors (Lipinski definition) is 4. The zero-order chi connectivity index (χ0) is 16.9. The van der Waals surface area contributed by atoms with Crippen molar-refractivity contribution in [2.75, 3.05) is 0 Å². The first-order chi connectivity index (χ1) is 11.7. The van der Waals surface area contributed by atoms with Gasteiger partial charge in [-0.2, -0.15) is 11.3 Å². The number of rotatable bonds is 7. The lowest BCUT2D eigenvalue weighted by Gasteiger charge is -2.28. The minimum absolute atomic E-state index is 0.162. The van der Waals surface area contributed by atoms with Crippen LogP contribution in [0.25, 0.3) is 11.0 Å². The molecule has 0 bridgehead atoms. The largest absolute Gasteiger partial charge is 0.336 e. The number of amides is 1. The van der Waals surface area contributed by atoms with E-state index in [-0.39, 0.29) is 11.9 Å². The highest BCUT2D eigenvalue weighted by atomic mass is 32.1. The lowest BCUT2D eigenvalue weighted by atomic mass is 10.1. The van der Waals surface area contributed by atoms with Crippen LogP contribution in [0, 0.1) is 0 Å². The van der Waals surface area contributed by atoms with Crippen LogP contribution in [0.1, 0.15) is 32.3 Å². The van der Waals surface area contributed by atoms with Gasteiger partial charge < -0.3 is 4.90 Å². The van der Waals surface area contributed by atoms with Crippen LogP contribution in [-0.4, -0.2) is 31.8 Å². The number of fused-ring (bicyclic) bond motifs is 1. The molecule has 0 fully saturated rings. The first-order valence-electron chi connectivity index (χ1n) is 8.27. The molecule has 0 unspecified atom stereocenters. The third-order valence-corrected chi connectivity index (χ3v) is 5.07. The van der Waals surface area contributed by atoms with Crippen molar-refractivity contribution in [3.63, 3.8) is 0 Å². The Labute approximate surface area is 145 Å². The van der Waals surface area contributed by atoms with Gasteiger partial charge in [0, 0.05) is 19.0 Å². The van der Waals surface area contributed by atoms with E-state index in [4.69, 9.17) is 0 Å². The van der Waals surface area contributed by atoms with E-state index < -0.39 is 0 Å². The first kappa shape index (κ1) is 16.6. The molecule has 0 N–H and O–H groups in total. The van der Waals surface area contributed by atoms with Crippen LogP contribution in [0.3, 0.4) is 0 Å². The molecule has 0 aliphatic carbocycles. The van der Waals surface area contributed by atoms with Gasteiger partial charge in [-0.1, -0.05) is 24.3 Å². The molecular weight excluding hydrogens is 320 g/mol. The number of carbonyl (C=O) groups is 1. The van der Waals surface area contributed by atoms with E-state index in [1.807, 2.05) is 33.8 Å². The normalized spacial score (nSPS) is 12.4. The maximum Gasteiger partial charge on any atom is 0.224 e. The Bertz CT molecular complexity index is 796. The highest BCUT2D eigenvalue weighted by molar-refractivity contribution is 7.07. The van der Waals surface area contributed by atoms with Gasteiger partial charge in [-0.3, -0.25) is 4.79 Å².